The lowest BCUT2D eigenvalue weighted by Crippen LogP contribution is -2.45. The number of hydrogen-bond acceptors (Lipinski definition) is 4. The van der Waals surface area contributed by atoms with Gasteiger partial charge < -0.3 is 14.8 Å². The Morgan fingerprint density at radius 1 is 1.53 bits per heavy atom. The molecule has 2 saturated heterocycles. The van der Waals surface area contributed by atoms with Crippen molar-refractivity contribution in [3.63, 3.8) is 0 Å². The van der Waals surface area contributed by atoms with Gasteiger partial charge in [-0.3, -0.25) is 4.79 Å². The van der Waals surface area contributed by atoms with Crippen LogP contribution in [0.2, 0.25) is 0 Å². The Morgan fingerprint density at radius 2 is 2.35 bits per heavy atom. The van der Waals surface area contributed by atoms with Crippen LogP contribution in [0.3, 0.4) is 0 Å². The Labute approximate surface area is 101 Å². The predicted molar refractivity (Wildman–Crippen MR) is 60.3 cm³/mol. The fraction of sp³-hybridized carbons (Fsp3) is 0.833. The molecular formula is C12H19NO4. The van der Waals surface area contributed by atoms with Gasteiger partial charge in [0.1, 0.15) is 6.04 Å². The summed E-state index contributed by atoms with van der Waals surface area (Å²) in [4.78, 5) is 23.5. The molecule has 0 aromatic heterocycles. The summed E-state index contributed by atoms with van der Waals surface area (Å²) in [6.07, 6.45) is 2.90. The highest BCUT2D eigenvalue weighted by molar-refractivity contribution is 5.90. The quantitative estimate of drug-likeness (QED) is 0.720. The lowest BCUT2D eigenvalue weighted by atomic mass is 9.74. The first-order valence-corrected chi connectivity index (χ1v) is 6.22. The van der Waals surface area contributed by atoms with Crippen LogP contribution in [0.1, 0.15) is 32.6 Å². The van der Waals surface area contributed by atoms with Gasteiger partial charge >= 0.3 is 5.97 Å². The number of rotatable bonds is 2. The largest absolute Gasteiger partial charge is 0.464 e. The molecule has 2 heterocycles. The van der Waals surface area contributed by atoms with Gasteiger partial charge in [-0.15, -0.1) is 0 Å². The fourth-order valence-electron chi connectivity index (χ4n) is 2.82. The van der Waals surface area contributed by atoms with Crippen LogP contribution < -0.4 is 5.32 Å². The van der Waals surface area contributed by atoms with Crippen molar-refractivity contribution in [1.29, 1.82) is 0 Å². The van der Waals surface area contributed by atoms with Crippen LogP contribution in [0.5, 0.6) is 0 Å². The summed E-state index contributed by atoms with van der Waals surface area (Å²) in [5, 5.41) is 2.76. The van der Waals surface area contributed by atoms with E-state index in [2.05, 4.69) is 5.32 Å². The van der Waals surface area contributed by atoms with Gasteiger partial charge in [0, 0.05) is 25.0 Å². The van der Waals surface area contributed by atoms with E-state index in [1.165, 1.54) is 0 Å². The van der Waals surface area contributed by atoms with Crippen molar-refractivity contribution in [3.05, 3.63) is 0 Å². The number of ether oxygens (including phenoxy) is 2. The van der Waals surface area contributed by atoms with E-state index in [1.54, 1.807) is 6.92 Å². The third kappa shape index (κ3) is 2.44. The minimum Gasteiger partial charge on any atom is -0.464 e. The average molecular weight is 241 g/mol. The third-order valence-electron chi connectivity index (χ3n) is 3.66. The second-order valence-corrected chi connectivity index (χ2v) is 4.76. The number of amides is 1. The molecule has 1 amide bonds. The van der Waals surface area contributed by atoms with Gasteiger partial charge in [0.2, 0.25) is 5.91 Å². The number of carbonyl (C=O) groups excluding carboxylic acids is 2. The summed E-state index contributed by atoms with van der Waals surface area (Å²) < 4.78 is 10.5. The van der Waals surface area contributed by atoms with Gasteiger partial charge in [-0.2, -0.15) is 0 Å². The molecule has 0 aliphatic carbocycles. The van der Waals surface area contributed by atoms with Crippen molar-refractivity contribution in [2.45, 2.75) is 38.6 Å². The molecule has 5 heteroatoms. The maximum atomic E-state index is 11.9. The highest BCUT2D eigenvalue weighted by Crippen LogP contribution is 2.42. The molecule has 0 aromatic carbocycles. The van der Waals surface area contributed by atoms with Crippen LogP contribution in [0, 0.1) is 5.41 Å². The van der Waals surface area contributed by atoms with Crippen LogP contribution in [0.15, 0.2) is 0 Å². The molecular weight excluding hydrogens is 222 g/mol. The molecule has 2 fully saturated rings. The Balaban J connectivity index is 2.16. The van der Waals surface area contributed by atoms with Crippen molar-refractivity contribution >= 4 is 11.9 Å². The van der Waals surface area contributed by atoms with Crippen molar-refractivity contribution in [2.75, 3.05) is 19.8 Å². The van der Waals surface area contributed by atoms with E-state index < -0.39 is 6.04 Å². The molecule has 0 bridgehead atoms. The van der Waals surface area contributed by atoms with E-state index in [0.29, 0.717) is 26.2 Å². The van der Waals surface area contributed by atoms with E-state index in [4.69, 9.17) is 9.47 Å². The zero-order valence-electron chi connectivity index (χ0n) is 10.2. The summed E-state index contributed by atoms with van der Waals surface area (Å²) in [5.74, 6) is -0.356. The van der Waals surface area contributed by atoms with Crippen molar-refractivity contribution in [1.82, 2.24) is 5.32 Å². The smallest absolute Gasteiger partial charge is 0.329 e. The third-order valence-corrected chi connectivity index (χ3v) is 3.66. The molecule has 2 aliphatic rings. The van der Waals surface area contributed by atoms with E-state index in [9.17, 15) is 9.59 Å². The number of hydrogen-bond donors (Lipinski definition) is 1. The highest BCUT2D eigenvalue weighted by atomic mass is 16.5. The van der Waals surface area contributed by atoms with Crippen molar-refractivity contribution in [2.24, 2.45) is 5.41 Å². The Hall–Kier alpha value is -1.10. The normalized spacial score (nSPS) is 33.2. The van der Waals surface area contributed by atoms with E-state index in [0.717, 1.165) is 19.3 Å². The van der Waals surface area contributed by atoms with Crippen LogP contribution in [0.25, 0.3) is 0 Å². The second kappa shape index (κ2) is 5.04. The van der Waals surface area contributed by atoms with Gasteiger partial charge in [0.25, 0.3) is 0 Å². The maximum Gasteiger partial charge on any atom is 0.329 e. The summed E-state index contributed by atoms with van der Waals surface area (Å²) in [7, 11) is 0. The molecule has 1 N–H and O–H groups in total. The Bertz CT molecular complexity index is 308. The fourth-order valence-corrected chi connectivity index (χ4v) is 2.82. The topological polar surface area (TPSA) is 64.6 Å². The Morgan fingerprint density at radius 3 is 3.12 bits per heavy atom. The minimum absolute atomic E-state index is 0.0510. The van der Waals surface area contributed by atoms with E-state index in [1.807, 2.05) is 0 Å². The van der Waals surface area contributed by atoms with Crippen LogP contribution in [0.4, 0.5) is 0 Å². The number of esters is 1. The van der Waals surface area contributed by atoms with Gasteiger partial charge in [0.15, 0.2) is 0 Å². The predicted octanol–water partition coefficient (Wildman–Crippen LogP) is 0.625. The first kappa shape index (κ1) is 12.4. The monoisotopic (exact) mass is 241 g/mol. The van der Waals surface area contributed by atoms with Gasteiger partial charge in [0.05, 0.1) is 6.61 Å². The lowest BCUT2D eigenvalue weighted by molar-refractivity contribution is -0.148. The molecule has 2 atom stereocenters. The second-order valence-electron chi connectivity index (χ2n) is 4.76. The van der Waals surface area contributed by atoms with Gasteiger partial charge in [-0.1, -0.05) is 0 Å². The molecule has 0 aromatic rings. The SMILES string of the molecule is CCOC(=O)C1NC(=O)CC12CCCOCC2. The summed E-state index contributed by atoms with van der Waals surface area (Å²) >= 11 is 0. The molecule has 96 valence electrons. The number of carbonyl (C=O) groups is 2. The standard InChI is InChI=1S/C12H19NO4/c1-2-17-11(15)10-12(8-9(14)13-10)4-3-6-16-7-5-12/h10H,2-8H2,1H3,(H,13,14). The summed E-state index contributed by atoms with van der Waals surface area (Å²) in [6.45, 7) is 3.45. The molecule has 0 saturated carbocycles. The van der Waals surface area contributed by atoms with Crippen molar-refractivity contribution < 1.29 is 19.1 Å². The van der Waals surface area contributed by atoms with Crippen LogP contribution in [-0.2, 0) is 19.1 Å². The maximum absolute atomic E-state index is 11.9. The molecule has 0 radical (unpaired) electrons. The lowest BCUT2D eigenvalue weighted by Gasteiger charge is -2.30. The van der Waals surface area contributed by atoms with Gasteiger partial charge in [-0.25, -0.2) is 4.79 Å². The number of nitrogens with one attached hydrogen (secondary N) is 1. The van der Waals surface area contributed by atoms with Gasteiger partial charge in [-0.05, 0) is 26.2 Å². The van der Waals surface area contributed by atoms with Crippen molar-refractivity contribution in [3.8, 4) is 0 Å². The zero-order chi connectivity index (χ0) is 12.3. The molecule has 1 spiro atoms. The first-order valence-electron chi connectivity index (χ1n) is 6.22. The molecule has 5 nitrogen and oxygen atoms in total. The zero-order valence-corrected chi connectivity index (χ0v) is 10.2. The molecule has 2 aliphatic heterocycles. The van der Waals surface area contributed by atoms with Crippen LogP contribution >= 0.6 is 0 Å². The molecule has 2 rings (SSSR count). The van der Waals surface area contributed by atoms with E-state index in [-0.39, 0.29) is 17.3 Å². The molecule has 17 heavy (non-hydrogen) atoms. The van der Waals surface area contributed by atoms with E-state index >= 15 is 0 Å². The summed E-state index contributed by atoms with van der Waals surface area (Å²) in [6, 6.07) is -0.489. The first-order chi connectivity index (χ1) is 8.18. The minimum atomic E-state index is -0.489. The molecule has 2 unspecified atom stereocenters. The van der Waals surface area contributed by atoms with Crippen LogP contribution in [-0.4, -0.2) is 37.7 Å². The summed E-state index contributed by atoms with van der Waals surface area (Å²) in [5.41, 5.74) is -0.292. The highest BCUT2D eigenvalue weighted by Gasteiger charge is 2.50. The Kier molecular flexibility index (Phi) is 3.66. The average Bonchev–Trinajstić information content (AvgIpc) is 2.47.